The van der Waals surface area contributed by atoms with E-state index in [-0.39, 0.29) is 12.2 Å². The molecule has 0 spiro atoms. The molecule has 0 saturated carbocycles. The van der Waals surface area contributed by atoms with Crippen LogP contribution in [0.2, 0.25) is 10.0 Å². The zero-order chi connectivity index (χ0) is 14.0. The molecule has 19 heavy (non-hydrogen) atoms. The van der Waals surface area contributed by atoms with Gasteiger partial charge in [0.1, 0.15) is 0 Å². The van der Waals surface area contributed by atoms with Crippen molar-refractivity contribution in [2.45, 2.75) is 6.42 Å². The number of ketones is 1. The predicted octanol–water partition coefficient (Wildman–Crippen LogP) is 4.76. The first-order valence-corrected chi connectivity index (χ1v) is 7.04. The number of halogens is 3. The Kier molecular flexibility index (Phi) is 4.50. The lowest BCUT2D eigenvalue weighted by Gasteiger charge is -2.07. The number of hydrogen-bond acceptors (Lipinski definition) is 2. The number of nitrogen functional groups attached to an aromatic ring is 1. The third kappa shape index (κ3) is 3.50. The first-order valence-electron chi connectivity index (χ1n) is 5.49. The van der Waals surface area contributed by atoms with Crippen LogP contribution in [-0.4, -0.2) is 5.78 Å². The lowest BCUT2D eigenvalue weighted by molar-refractivity contribution is 0.0994. The Balaban J connectivity index is 2.30. The van der Waals surface area contributed by atoms with Gasteiger partial charge in [0.2, 0.25) is 0 Å². The van der Waals surface area contributed by atoms with Crippen LogP contribution in [0, 0.1) is 0 Å². The van der Waals surface area contributed by atoms with Gasteiger partial charge in [-0.25, -0.2) is 0 Å². The number of nitrogens with two attached hydrogens (primary N) is 1. The summed E-state index contributed by atoms with van der Waals surface area (Å²) >= 11 is 15.3. The Morgan fingerprint density at radius 3 is 2.63 bits per heavy atom. The molecule has 2 aromatic carbocycles. The first kappa shape index (κ1) is 14.4. The molecule has 0 radical (unpaired) electrons. The molecule has 0 amide bonds. The molecule has 2 rings (SSSR count). The summed E-state index contributed by atoms with van der Waals surface area (Å²) in [6.07, 6.45) is 0.167. The summed E-state index contributed by atoms with van der Waals surface area (Å²) in [6.45, 7) is 0. The zero-order valence-corrected chi connectivity index (χ0v) is 12.9. The van der Waals surface area contributed by atoms with Gasteiger partial charge in [-0.1, -0.05) is 39.1 Å². The van der Waals surface area contributed by atoms with Crippen LogP contribution in [0.25, 0.3) is 0 Å². The minimum Gasteiger partial charge on any atom is -0.398 e. The van der Waals surface area contributed by atoms with Gasteiger partial charge in [-0.2, -0.15) is 0 Å². The standard InChI is InChI=1S/C14H10BrCl2NO/c15-9-1-4-13(18)11(7-9)14(19)6-8-5-10(16)2-3-12(8)17/h1-5,7H,6,18H2. The van der Waals surface area contributed by atoms with Crippen molar-refractivity contribution in [3.05, 3.63) is 62.0 Å². The van der Waals surface area contributed by atoms with Gasteiger partial charge >= 0.3 is 0 Å². The fourth-order valence-electron chi connectivity index (χ4n) is 1.72. The second-order valence-corrected chi connectivity index (χ2v) is 5.83. The molecule has 0 aliphatic heterocycles. The van der Waals surface area contributed by atoms with Crippen molar-refractivity contribution in [2.24, 2.45) is 0 Å². The van der Waals surface area contributed by atoms with Crippen LogP contribution in [0.4, 0.5) is 5.69 Å². The van der Waals surface area contributed by atoms with E-state index in [4.69, 9.17) is 28.9 Å². The highest BCUT2D eigenvalue weighted by molar-refractivity contribution is 9.10. The molecule has 0 atom stereocenters. The van der Waals surface area contributed by atoms with Crippen molar-refractivity contribution in [3.8, 4) is 0 Å². The molecule has 0 bridgehead atoms. The molecule has 0 aliphatic carbocycles. The van der Waals surface area contributed by atoms with E-state index in [9.17, 15) is 4.79 Å². The van der Waals surface area contributed by atoms with Crippen LogP contribution in [0.5, 0.6) is 0 Å². The summed E-state index contributed by atoms with van der Waals surface area (Å²) in [4.78, 5) is 12.2. The number of hydrogen-bond donors (Lipinski definition) is 1. The van der Waals surface area contributed by atoms with Gasteiger partial charge < -0.3 is 5.73 Å². The summed E-state index contributed by atoms with van der Waals surface area (Å²) < 4.78 is 0.808. The SMILES string of the molecule is Nc1ccc(Br)cc1C(=O)Cc1cc(Cl)ccc1Cl. The number of benzene rings is 2. The van der Waals surface area contributed by atoms with E-state index in [0.717, 1.165) is 4.47 Å². The van der Waals surface area contributed by atoms with Crippen molar-refractivity contribution >= 4 is 50.6 Å². The van der Waals surface area contributed by atoms with E-state index in [2.05, 4.69) is 15.9 Å². The highest BCUT2D eigenvalue weighted by atomic mass is 79.9. The molecule has 98 valence electrons. The zero-order valence-electron chi connectivity index (χ0n) is 9.79. The maximum absolute atomic E-state index is 12.2. The molecular formula is C14H10BrCl2NO. The molecule has 0 heterocycles. The van der Waals surface area contributed by atoms with E-state index < -0.39 is 0 Å². The van der Waals surface area contributed by atoms with Gasteiger partial charge in [-0.05, 0) is 42.0 Å². The first-order chi connectivity index (χ1) is 8.97. The highest BCUT2D eigenvalue weighted by Crippen LogP contribution is 2.24. The average molecular weight is 359 g/mol. The summed E-state index contributed by atoms with van der Waals surface area (Å²) in [6, 6.07) is 10.2. The van der Waals surface area contributed by atoms with Crippen molar-refractivity contribution in [2.75, 3.05) is 5.73 Å². The van der Waals surface area contributed by atoms with Crippen LogP contribution < -0.4 is 5.73 Å². The van der Waals surface area contributed by atoms with Gasteiger partial charge in [0.15, 0.2) is 5.78 Å². The van der Waals surface area contributed by atoms with E-state index >= 15 is 0 Å². The fraction of sp³-hybridized carbons (Fsp3) is 0.0714. The van der Waals surface area contributed by atoms with Gasteiger partial charge in [-0.3, -0.25) is 4.79 Å². The molecule has 0 aliphatic rings. The number of carbonyl (C=O) groups is 1. The second-order valence-electron chi connectivity index (χ2n) is 4.07. The Labute approximate surface area is 129 Å². The minimum atomic E-state index is -0.0945. The quantitative estimate of drug-likeness (QED) is 0.634. The molecule has 0 aromatic heterocycles. The molecule has 2 N–H and O–H groups in total. The minimum absolute atomic E-state index is 0.0945. The fourth-order valence-corrected chi connectivity index (χ4v) is 2.46. The van der Waals surface area contributed by atoms with Gasteiger partial charge in [-0.15, -0.1) is 0 Å². The average Bonchev–Trinajstić information content (AvgIpc) is 2.36. The number of Topliss-reactive ketones (excluding diaryl/α,β-unsaturated/α-hetero) is 1. The normalized spacial score (nSPS) is 10.5. The molecular weight excluding hydrogens is 349 g/mol. The number of anilines is 1. The number of rotatable bonds is 3. The Bertz CT molecular complexity index is 643. The van der Waals surface area contributed by atoms with Gasteiger partial charge in [0.25, 0.3) is 0 Å². The summed E-state index contributed by atoms with van der Waals surface area (Å²) in [5.41, 5.74) is 7.43. The Morgan fingerprint density at radius 2 is 1.89 bits per heavy atom. The van der Waals surface area contributed by atoms with E-state index in [0.29, 0.717) is 26.9 Å². The molecule has 5 heteroatoms. The monoisotopic (exact) mass is 357 g/mol. The van der Waals surface area contributed by atoms with E-state index in [1.165, 1.54) is 0 Å². The summed E-state index contributed by atoms with van der Waals surface area (Å²) in [7, 11) is 0. The highest BCUT2D eigenvalue weighted by Gasteiger charge is 2.13. The maximum atomic E-state index is 12.2. The largest absolute Gasteiger partial charge is 0.398 e. The third-order valence-corrected chi connectivity index (χ3v) is 3.77. The molecule has 2 aromatic rings. The molecule has 0 fully saturated rings. The van der Waals surface area contributed by atoms with Crippen LogP contribution in [-0.2, 0) is 6.42 Å². The lowest BCUT2D eigenvalue weighted by atomic mass is 10.0. The molecule has 0 saturated heterocycles. The smallest absolute Gasteiger partial charge is 0.169 e. The summed E-state index contributed by atoms with van der Waals surface area (Å²) in [5.74, 6) is -0.0945. The van der Waals surface area contributed by atoms with Crippen molar-refractivity contribution in [1.82, 2.24) is 0 Å². The maximum Gasteiger partial charge on any atom is 0.169 e. The van der Waals surface area contributed by atoms with Crippen molar-refractivity contribution in [3.63, 3.8) is 0 Å². The third-order valence-electron chi connectivity index (χ3n) is 2.67. The predicted molar refractivity (Wildman–Crippen MR) is 83.1 cm³/mol. The van der Waals surface area contributed by atoms with Crippen molar-refractivity contribution < 1.29 is 4.79 Å². The van der Waals surface area contributed by atoms with Crippen molar-refractivity contribution in [1.29, 1.82) is 0 Å². The van der Waals surface area contributed by atoms with E-state index in [1.807, 2.05) is 0 Å². The Hall–Kier alpha value is -1.03. The van der Waals surface area contributed by atoms with Gasteiger partial charge in [0.05, 0.1) is 0 Å². The molecule has 0 unspecified atom stereocenters. The van der Waals surface area contributed by atoms with Crippen LogP contribution in [0.3, 0.4) is 0 Å². The lowest BCUT2D eigenvalue weighted by Crippen LogP contribution is -2.07. The van der Waals surface area contributed by atoms with Crippen LogP contribution in [0.15, 0.2) is 40.9 Å². The van der Waals surface area contributed by atoms with Crippen LogP contribution >= 0.6 is 39.1 Å². The van der Waals surface area contributed by atoms with Crippen LogP contribution in [0.1, 0.15) is 15.9 Å². The molecule has 2 nitrogen and oxygen atoms in total. The summed E-state index contributed by atoms with van der Waals surface area (Å²) in [5, 5.41) is 1.07. The second kappa shape index (κ2) is 5.95. The van der Waals surface area contributed by atoms with E-state index in [1.54, 1.807) is 36.4 Å². The Morgan fingerprint density at radius 1 is 1.16 bits per heavy atom. The number of carbonyl (C=O) groups excluding carboxylic acids is 1. The van der Waals surface area contributed by atoms with Gasteiger partial charge in [0, 0.05) is 32.2 Å². The topological polar surface area (TPSA) is 43.1 Å².